The monoisotopic (exact) mass is 376 g/mol. The van der Waals surface area contributed by atoms with Crippen molar-refractivity contribution in [3.8, 4) is 0 Å². The molecule has 2 aliphatic heterocycles. The third-order valence-corrected chi connectivity index (χ3v) is 6.94. The van der Waals surface area contributed by atoms with Gasteiger partial charge in [0, 0.05) is 16.4 Å². The van der Waals surface area contributed by atoms with Gasteiger partial charge in [0.15, 0.2) is 9.84 Å². The third kappa shape index (κ3) is 2.69. The van der Waals surface area contributed by atoms with Crippen LogP contribution in [0.5, 0.6) is 0 Å². The smallest absolute Gasteiger partial charge is 0.288 e. The van der Waals surface area contributed by atoms with Crippen LogP contribution in [0, 0.1) is 6.92 Å². The average Bonchev–Trinajstić information content (AvgIpc) is 3.00. The summed E-state index contributed by atoms with van der Waals surface area (Å²) in [6, 6.07) is 13.6. The Bertz CT molecular complexity index is 946. The van der Waals surface area contributed by atoms with Crippen molar-refractivity contribution in [2.45, 2.75) is 19.0 Å². The van der Waals surface area contributed by atoms with Crippen LogP contribution in [-0.2, 0) is 9.84 Å². The van der Waals surface area contributed by atoms with E-state index < -0.39 is 15.9 Å². The van der Waals surface area contributed by atoms with Crippen LogP contribution in [0.15, 0.2) is 48.5 Å². The zero-order valence-corrected chi connectivity index (χ0v) is 15.2. The van der Waals surface area contributed by atoms with E-state index in [0.29, 0.717) is 16.4 Å². The highest BCUT2D eigenvalue weighted by Crippen LogP contribution is 2.38. The van der Waals surface area contributed by atoms with Crippen LogP contribution >= 0.6 is 11.6 Å². The molecule has 2 atom stereocenters. The molecule has 2 heterocycles. The predicted molar refractivity (Wildman–Crippen MR) is 99.2 cm³/mol. The molecule has 2 amide bonds. The van der Waals surface area contributed by atoms with Crippen molar-refractivity contribution in [1.29, 1.82) is 0 Å². The normalized spacial score (nSPS) is 24.6. The van der Waals surface area contributed by atoms with E-state index in [-0.39, 0.29) is 23.6 Å². The number of rotatable bonds is 2. The summed E-state index contributed by atoms with van der Waals surface area (Å²) >= 11 is 6.22. The quantitative estimate of drug-likeness (QED) is 0.756. The lowest BCUT2D eigenvalue weighted by atomic mass is 10.1. The fraction of sp³-hybridized carbons (Fsp3) is 0.278. The van der Waals surface area contributed by atoms with Gasteiger partial charge in [-0.2, -0.15) is 0 Å². The van der Waals surface area contributed by atoms with Gasteiger partial charge in [0.1, 0.15) is 0 Å². The van der Waals surface area contributed by atoms with Crippen LogP contribution in [-0.4, -0.2) is 38.0 Å². The number of fused-ring (bicyclic) bond motifs is 1. The Labute approximate surface area is 151 Å². The summed E-state index contributed by atoms with van der Waals surface area (Å²) in [5.74, 6) is -0.0490. The summed E-state index contributed by atoms with van der Waals surface area (Å²) in [5, 5.41) is 0.556. The summed E-state index contributed by atoms with van der Waals surface area (Å²) in [5.41, 5.74) is 2.25. The molecule has 4 rings (SSSR count). The molecule has 0 N–H and O–H groups in total. The lowest BCUT2D eigenvalue weighted by Crippen LogP contribution is -2.37. The number of hydrogen-bond donors (Lipinski definition) is 0. The van der Waals surface area contributed by atoms with E-state index in [1.165, 1.54) is 0 Å². The molecule has 2 aromatic carbocycles. The van der Waals surface area contributed by atoms with Gasteiger partial charge in [-0.05, 0) is 36.8 Å². The SMILES string of the molecule is Cc1ccc(N2C(=O)N(c3ccccc3)[C@H]3CS(=O)(=O)C[C@H]32)cc1Cl. The van der Waals surface area contributed by atoms with Crippen molar-refractivity contribution in [3.05, 3.63) is 59.1 Å². The number of hydrogen-bond acceptors (Lipinski definition) is 3. The lowest BCUT2D eigenvalue weighted by Gasteiger charge is -2.23. The third-order valence-electron chi connectivity index (χ3n) is 4.84. The molecule has 25 heavy (non-hydrogen) atoms. The largest absolute Gasteiger partial charge is 0.329 e. The number of nitrogens with zero attached hydrogens (tertiary/aromatic N) is 2. The number of para-hydroxylation sites is 1. The van der Waals surface area contributed by atoms with E-state index in [9.17, 15) is 13.2 Å². The summed E-state index contributed by atoms with van der Waals surface area (Å²) in [6.45, 7) is 1.89. The fourth-order valence-corrected chi connectivity index (χ4v) is 5.72. The van der Waals surface area contributed by atoms with E-state index in [1.807, 2.05) is 49.4 Å². The molecule has 0 unspecified atom stereocenters. The van der Waals surface area contributed by atoms with Crippen LogP contribution in [0.1, 0.15) is 5.56 Å². The molecule has 0 spiro atoms. The maximum absolute atomic E-state index is 13.1. The van der Waals surface area contributed by atoms with Gasteiger partial charge >= 0.3 is 6.03 Å². The summed E-state index contributed by atoms with van der Waals surface area (Å²) in [4.78, 5) is 16.3. The van der Waals surface area contributed by atoms with Crippen LogP contribution in [0.25, 0.3) is 0 Å². The summed E-state index contributed by atoms with van der Waals surface area (Å²) < 4.78 is 24.5. The van der Waals surface area contributed by atoms with Gasteiger partial charge in [0.25, 0.3) is 0 Å². The second-order valence-electron chi connectivity index (χ2n) is 6.50. The van der Waals surface area contributed by atoms with Gasteiger partial charge in [-0.1, -0.05) is 35.9 Å². The van der Waals surface area contributed by atoms with Crippen molar-refractivity contribution in [3.63, 3.8) is 0 Å². The number of benzene rings is 2. The number of sulfone groups is 1. The van der Waals surface area contributed by atoms with Gasteiger partial charge in [-0.3, -0.25) is 9.80 Å². The first kappa shape index (κ1) is 16.4. The number of carbonyl (C=O) groups excluding carboxylic acids is 1. The number of urea groups is 1. The Morgan fingerprint density at radius 1 is 0.960 bits per heavy atom. The van der Waals surface area contributed by atoms with Crippen LogP contribution in [0.4, 0.5) is 16.2 Å². The van der Waals surface area contributed by atoms with Crippen molar-refractivity contribution in [2.75, 3.05) is 21.3 Å². The zero-order chi connectivity index (χ0) is 17.8. The van der Waals surface area contributed by atoms with Crippen LogP contribution in [0.3, 0.4) is 0 Å². The van der Waals surface area contributed by atoms with Crippen molar-refractivity contribution in [1.82, 2.24) is 0 Å². The summed E-state index contributed by atoms with van der Waals surface area (Å²) in [6.07, 6.45) is 0. The van der Waals surface area contributed by atoms with E-state index >= 15 is 0 Å². The van der Waals surface area contributed by atoms with Crippen LogP contribution < -0.4 is 9.80 Å². The maximum Gasteiger partial charge on any atom is 0.329 e. The molecule has 0 radical (unpaired) electrons. The molecule has 2 fully saturated rings. The summed E-state index contributed by atoms with van der Waals surface area (Å²) in [7, 11) is -3.20. The van der Waals surface area contributed by atoms with Gasteiger partial charge in [-0.15, -0.1) is 0 Å². The first-order valence-corrected chi connectivity index (χ1v) is 10.2. The number of anilines is 2. The minimum atomic E-state index is -3.20. The number of amides is 2. The first-order chi connectivity index (χ1) is 11.9. The van der Waals surface area contributed by atoms with Gasteiger partial charge < -0.3 is 0 Å². The topological polar surface area (TPSA) is 57.7 Å². The molecular formula is C18H17ClN2O3S. The Hall–Kier alpha value is -2.05. The Balaban J connectivity index is 1.82. The fourth-order valence-electron chi connectivity index (χ4n) is 3.63. The maximum atomic E-state index is 13.1. The van der Waals surface area contributed by atoms with E-state index in [2.05, 4.69) is 0 Å². The Morgan fingerprint density at radius 3 is 2.16 bits per heavy atom. The molecule has 0 aromatic heterocycles. The van der Waals surface area contributed by atoms with E-state index in [4.69, 9.17) is 11.6 Å². The van der Waals surface area contributed by atoms with Crippen molar-refractivity contribution >= 4 is 38.8 Å². The molecule has 2 saturated heterocycles. The highest BCUT2D eigenvalue weighted by Gasteiger charge is 2.54. The lowest BCUT2D eigenvalue weighted by molar-refractivity contribution is 0.255. The molecular weight excluding hydrogens is 360 g/mol. The molecule has 2 aromatic rings. The molecule has 5 nitrogen and oxygen atoms in total. The Morgan fingerprint density at radius 2 is 1.56 bits per heavy atom. The number of halogens is 1. The second kappa shape index (κ2) is 5.75. The predicted octanol–water partition coefficient (Wildman–Crippen LogP) is 3.26. The number of carbonyl (C=O) groups is 1. The standard InChI is InChI=1S/C18H17ClN2O3S/c1-12-7-8-14(9-15(12)19)21-17-11-25(23,24)10-16(17)20(18(21)22)13-5-3-2-4-6-13/h2-9,16-17H,10-11H2,1H3/t16-,17+/m0/s1. The molecule has 2 aliphatic rings. The molecule has 0 saturated carbocycles. The minimum absolute atomic E-state index is 0.0194. The minimum Gasteiger partial charge on any atom is -0.288 e. The van der Waals surface area contributed by atoms with Crippen molar-refractivity contribution < 1.29 is 13.2 Å². The van der Waals surface area contributed by atoms with Crippen molar-refractivity contribution in [2.24, 2.45) is 0 Å². The highest BCUT2D eigenvalue weighted by atomic mass is 35.5. The Kier molecular flexibility index (Phi) is 3.77. The second-order valence-corrected chi connectivity index (χ2v) is 9.06. The molecule has 0 aliphatic carbocycles. The van der Waals surface area contributed by atoms with Gasteiger partial charge in [0.2, 0.25) is 0 Å². The number of aryl methyl sites for hydroxylation is 1. The van der Waals surface area contributed by atoms with E-state index in [1.54, 1.807) is 15.9 Å². The molecule has 130 valence electrons. The van der Waals surface area contributed by atoms with Gasteiger partial charge in [-0.25, -0.2) is 13.2 Å². The molecule has 0 bridgehead atoms. The average molecular weight is 377 g/mol. The van der Waals surface area contributed by atoms with Crippen LogP contribution in [0.2, 0.25) is 5.02 Å². The van der Waals surface area contributed by atoms with E-state index in [0.717, 1.165) is 5.56 Å². The molecule has 7 heteroatoms. The zero-order valence-electron chi connectivity index (χ0n) is 13.6. The highest BCUT2D eigenvalue weighted by molar-refractivity contribution is 7.91. The first-order valence-electron chi connectivity index (χ1n) is 8.01. The van der Waals surface area contributed by atoms with Gasteiger partial charge in [0.05, 0.1) is 23.6 Å².